The van der Waals surface area contributed by atoms with E-state index in [0.29, 0.717) is 6.54 Å². The van der Waals surface area contributed by atoms with Crippen molar-refractivity contribution in [1.82, 2.24) is 4.57 Å². The largest absolute Gasteiger partial charge is 0.623 e. The van der Waals surface area contributed by atoms with E-state index in [1.165, 1.54) is 12.1 Å². The standard InChI is InChI=1S/C19H24N2O/c1-3-5-11-18-12-13-19(21(18)14-4-2)16-20(22)15-17-9-7-6-8-10-17/h4,6-10,12-13,16H,2-3,5,11,14-15H2,1H3/b20-16-. The van der Waals surface area contributed by atoms with Crippen LogP contribution in [0, 0.1) is 5.21 Å². The number of aromatic nitrogens is 1. The maximum Gasteiger partial charge on any atom is 0.198 e. The van der Waals surface area contributed by atoms with Crippen molar-refractivity contribution in [2.24, 2.45) is 0 Å². The first kappa shape index (κ1) is 16.1. The molecular weight excluding hydrogens is 272 g/mol. The normalized spacial score (nSPS) is 11.6. The van der Waals surface area contributed by atoms with Gasteiger partial charge in [0.05, 0.1) is 0 Å². The molecule has 1 heterocycles. The van der Waals surface area contributed by atoms with E-state index >= 15 is 0 Å². The molecule has 0 radical (unpaired) electrons. The van der Waals surface area contributed by atoms with Crippen molar-refractivity contribution in [3.63, 3.8) is 0 Å². The topological polar surface area (TPSA) is 31.0 Å². The number of allylic oxidation sites excluding steroid dienone is 1. The van der Waals surface area contributed by atoms with E-state index in [4.69, 9.17) is 0 Å². The molecule has 1 aromatic carbocycles. The fourth-order valence-electron chi connectivity index (χ4n) is 2.52. The van der Waals surface area contributed by atoms with Crippen LogP contribution in [-0.4, -0.2) is 15.5 Å². The molecule has 0 amide bonds. The summed E-state index contributed by atoms with van der Waals surface area (Å²) in [5.41, 5.74) is 3.22. The van der Waals surface area contributed by atoms with Crippen LogP contribution in [0.5, 0.6) is 0 Å². The van der Waals surface area contributed by atoms with Crippen LogP contribution in [0.2, 0.25) is 0 Å². The number of hydroxylamine groups is 1. The third-order valence-electron chi connectivity index (χ3n) is 3.66. The Balaban J connectivity index is 2.18. The van der Waals surface area contributed by atoms with Crippen molar-refractivity contribution < 1.29 is 4.74 Å². The molecule has 0 N–H and O–H groups in total. The number of unbranched alkanes of at least 4 members (excludes halogenated alkanes) is 1. The third-order valence-corrected chi connectivity index (χ3v) is 3.66. The molecule has 2 aromatic rings. The van der Waals surface area contributed by atoms with E-state index in [-0.39, 0.29) is 0 Å². The van der Waals surface area contributed by atoms with Crippen molar-refractivity contribution in [3.8, 4) is 0 Å². The Bertz CT molecular complexity index is 626. The molecule has 3 nitrogen and oxygen atoms in total. The summed E-state index contributed by atoms with van der Waals surface area (Å²) in [6.45, 7) is 7.10. The highest BCUT2D eigenvalue weighted by Crippen LogP contribution is 2.12. The van der Waals surface area contributed by atoms with Crippen LogP contribution in [0.1, 0.15) is 36.7 Å². The summed E-state index contributed by atoms with van der Waals surface area (Å²) < 4.78 is 3.16. The van der Waals surface area contributed by atoms with Crippen LogP contribution in [0.25, 0.3) is 0 Å². The lowest BCUT2D eigenvalue weighted by Crippen LogP contribution is -2.11. The molecule has 22 heavy (non-hydrogen) atoms. The Hall–Kier alpha value is -2.29. The molecule has 0 bridgehead atoms. The van der Waals surface area contributed by atoms with E-state index < -0.39 is 0 Å². The van der Waals surface area contributed by atoms with E-state index in [1.54, 1.807) is 6.21 Å². The second-order valence-electron chi connectivity index (χ2n) is 5.44. The van der Waals surface area contributed by atoms with Gasteiger partial charge < -0.3 is 9.77 Å². The van der Waals surface area contributed by atoms with Crippen LogP contribution < -0.4 is 0 Å². The van der Waals surface area contributed by atoms with Gasteiger partial charge in [-0.1, -0.05) is 49.8 Å². The zero-order chi connectivity index (χ0) is 15.8. The zero-order valence-corrected chi connectivity index (χ0v) is 13.2. The van der Waals surface area contributed by atoms with Gasteiger partial charge in [-0.15, -0.1) is 6.58 Å². The minimum absolute atomic E-state index is 0.365. The Labute approximate surface area is 132 Å². The molecule has 0 fully saturated rings. The average molecular weight is 296 g/mol. The highest BCUT2D eigenvalue weighted by atomic mass is 16.5. The Morgan fingerprint density at radius 2 is 1.95 bits per heavy atom. The first-order valence-electron chi connectivity index (χ1n) is 7.86. The van der Waals surface area contributed by atoms with Gasteiger partial charge in [0.1, 0.15) is 5.69 Å². The number of hydrogen-bond donors (Lipinski definition) is 0. The molecule has 0 saturated carbocycles. The quantitative estimate of drug-likeness (QED) is 0.237. The molecule has 2 rings (SSSR count). The monoisotopic (exact) mass is 296 g/mol. The molecule has 0 atom stereocenters. The van der Waals surface area contributed by atoms with Crippen molar-refractivity contribution >= 4 is 6.21 Å². The number of aryl methyl sites for hydroxylation is 1. The van der Waals surface area contributed by atoms with Gasteiger partial charge in [-0.3, -0.25) is 0 Å². The lowest BCUT2D eigenvalue weighted by atomic mass is 10.2. The van der Waals surface area contributed by atoms with Gasteiger partial charge in [0.25, 0.3) is 0 Å². The molecule has 1 aromatic heterocycles. The summed E-state index contributed by atoms with van der Waals surface area (Å²) in [4.78, 5) is 0. The molecule has 3 heteroatoms. The number of benzene rings is 1. The van der Waals surface area contributed by atoms with Gasteiger partial charge in [-0.25, -0.2) is 4.74 Å². The number of nitrogens with zero attached hydrogens (tertiary/aromatic N) is 2. The number of hydrogen-bond acceptors (Lipinski definition) is 1. The zero-order valence-electron chi connectivity index (χ0n) is 13.2. The van der Waals surface area contributed by atoms with Gasteiger partial charge in [-0.2, -0.15) is 0 Å². The minimum Gasteiger partial charge on any atom is -0.623 e. The van der Waals surface area contributed by atoms with Crippen molar-refractivity contribution in [2.45, 2.75) is 39.3 Å². The lowest BCUT2D eigenvalue weighted by molar-refractivity contribution is -0.469. The van der Waals surface area contributed by atoms with Crippen LogP contribution >= 0.6 is 0 Å². The Kier molecular flexibility index (Phi) is 6.01. The SMILES string of the molecule is C=CCn1c(/C=[N+](\[O-])Cc2ccccc2)ccc1CCCC. The summed E-state index contributed by atoms with van der Waals surface area (Å²) in [5.74, 6) is 0. The van der Waals surface area contributed by atoms with Gasteiger partial charge in [-0.05, 0) is 25.0 Å². The maximum absolute atomic E-state index is 12.2. The highest BCUT2D eigenvalue weighted by Gasteiger charge is 2.08. The molecule has 0 aliphatic carbocycles. The molecule has 0 spiro atoms. The summed E-state index contributed by atoms with van der Waals surface area (Å²) in [6.07, 6.45) is 6.91. The van der Waals surface area contributed by atoms with Gasteiger partial charge >= 0.3 is 0 Å². The van der Waals surface area contributed by atoms with Crippen LogP contribution in [-0.2, 0) is 19.5 Å². The Morgan fingerprint density at radius 1 is 1.18 bits per heavy atom. The molecule has 0 saturated heterocycles. The van der Waals surface area contributed by atoms with E-state index in [2.05, 4.69) is 24.1 Å². The van der Waals surface area contributed by atoms with Gasteiger partial charge in [0.2, 0.25) is 0 Å². The lowest BCUT2D eigenvalue weighted by Gasteiger charge is -2.09. The molecular formula is C19H24N2O. The second kappa shape index (κ2) is 8.23. The maximum atomic E-state index is 12.2. The summed E-state index contributed by atoms with van der Waals surface area (Å²) in [7, 11) is 0. The van der Waals surface area contributed by atoms with Crippen molar-refractivity contribution in [3.05, 3.63) is 77.3 Å². The third kappa shape index (κ3) is 4.35. The van der Waals surface area contributed by atoms with Crippen molar-refractivity contribution in [1.29, 1.82) is 0 Å². The Morgan fingerprint density at radius 3 is 2.64 bits per heavy atom. The average Bonchev–Trinajstić information content (AvgIpc) is 2.88. The smallest absolute Gasteiger partial charge is 0.198 e. The van der Waals surface area contributed by atoms with E-state index in [1.807, 2.05) is 42.5 Å². The predicted octanol–water partition coefficient (Wildman–Crippen LogP) is 4.15. The van der Waals surface area contributed by atoms with Crippen LogP contribution in [0.4, 0.5) is 0 Å². The predicted molar refractivity (Wildman–Crippen MR) is 92.2 cm³/mol. The summed E-state index contributed by atoms with van der Waals surface area (Å²) in [5, 5.41) is 12.2. The van der Waals surface area contributed by atoms with Crippen LogP contribution in [0.3, 0.4) is 0 Å². The fraction of sp³-hybridized carbons (Fsp3) is 0.316. The minimum atomic E-state index is 0.365. The van der Waals surface area contributed by atoms with E-state index in [9.17, 15) is 5.21 Å². The summed E-state index contributed by atoms with van der Waals surface area (Å²) >= 11 is 0. The number of rotatable bonds is 8. The second-order valence-corrected chi connectivity index (χ2v) is 5.44. The van der Waals surface area contributed by atoms with Gasteiger partial charge in [0, 0.05) is 17.8 Å². The van der Waals surface area contributed by atoms with Gasteiger partial charge in [0.15, 0.2) is 12.8 Å². The first-order chi connectivity index (χ1) is 10.7. The molecule has 116 valence electrons. The first-order valence-corrected chi connectivity index (χ1v) is 7.86. The molecule has 0 aliphatic heterocycles. The highest BCUT2D eigenvalue weighted by molar-refractivity contribution is 5.73. The van der Waals surface area contributed by atoms with Crippen LogP contribution in [0.15, 0.2) is 55.1 Å². The van der Waals surface area contributed by atoms with E-state index in [0.717, 1.165) is 35.4 Å². The van der Waals surface area contributed by atoms with Crippen molar-refractivity contribution in [2.75, 3.05) is 0 Å². The molecule has 0 unspecified atom stereocenters. The summed E-state index contributed by atoms with van der Waals surface area (Å²) in [6, 6.07) is 13.9. The fourth-order valence-corrected chi connectivity index (χ4v) is 2.52. The molecule has 0 aliphatic rings.